The second kappa shape index (κ2) is 4.53. The molecule has 1 heterocycles. The minimum Gasteiger partial charge on any atom is -0.467 e. The third kappa shape index (κ3) is 2.63. The lowest BCUT2D eigenvalue weighted by Crippen LogP contribution is -1.98. The maximum Gasteiger partial charge on any atom is 0.125 e. The zero-order chi connectivity index (χ0) is 10.7. The van der Waals surface area contributed by atoms with E-state index >= 15 is 0 Å². The molecule has 0 atom stereocenters. The van der Waals surface area contributed by atoms with Crippen LogP contribution in [0.2, 0.25) is 0 Å². The number of hydrogen-bond donors (Lipinski definition) is 1. The third-order valence-corrected chi connectivity index (χ3v) is 2.79. The van der Waals surface area contributed by atoms with Crippen molar-refractivity contribution in [3.8, 4) is 0 Å². The molecule has 0 spiro atoms. The summed E-state index contributed by atoms with van der Waals surface area (Å²) in [5.41, 5.74) is 2.27. The first kappa shape index (κ1) is 10.3. The number of furan rings is 1. The highest BCUT2D eigenvalue weighted by Gasteiger charge is 2.00. The molecule has 0 saturated carbocycles. The number of rotatable bonds is 3. The predicted molar refractivity (Wildman–Crippen MR) is 64.9 cm³/mol. The van der Waals surface area contributed by atoms with Crippen molar-refractivity contribution in [2.24, 2.45) is 0 Å². The molecule has 0 radical (unpaired) electrons. The number of halogens is 1. The van der Waals surface area contributed by atoms with Crippen molar-refractivity contribution in [3.63, 3.8) is 0 Å². The van der Waals surface area contributed by atoms with Crippen molar-refractivity contribution in [3.05, 3.63) is 52.4 Å². The Hall–Kier alpha value is -1.22. The average Bonchev–Trinajstić information content (AvgIpc) is 2.63. The van der Waals surface area contributed by atoms with Gasteiger partial charge in [0.05, 0.1) is 12.8 Å². The minimum absolute atomic E-state index is 0.723. The van der Waals surface area contributed by atoms with Gasteiger partial charge in [-0.2, -0.15) is 0 Å². The Morgan fingerprint density at radius 3 is 2.53 bits per heavy atom. The summed E-state index contributed by atoms with van der Waals surface area (Å²) in [6.45, 7) is 2.77. The molecular weight excluding hydrogens is 254 g/mol. The van der Waals surface area contributed by atoms with Crippen molar-refractivity contribution >= 4 is 21.6 Å². The van der Waals surface area contributed by atoms with E-state index in [1.165, 1.54) is 5.56 Å². The summed E-state index contributed by atoms with van der Waals surface area (Å²) in [5, 5.41) is 3.30. The Balaban J connectivity index is 1.99. The zero-order valence-corrected chi connectivity index (χ0v) is 10.0. The lowest BCUT2D eigenvalue weighted by Gasteiger charge is -2.04. The van der Waals surface area contributed by atoms with Gasteiger partial charge in [-0.1, -0.05) is 15.9 Å². The Bertz CT molecular complexity index is 433. The van der Waals surface area contributed by atoms with Crippen molar-refractivity contribution < 1.29 is 4.42 Å². The molecule has 2 rings (SSSR count). The Labute approximate surface area is 97.4 Å². The lowest BCUT2D eigenvalue weighted by atomic mass is 10.2. The van der Waals surface area contributed by atoms with Gasteiger partial charge in [0, 0.05) is 10.2 Å². The van der Waals surface area contributed by atoms with E-state index in [0.717, 1.165) is 22.5 Å². The van der Waals surface area contributed by atoms with Crippen molar-refractivity contribution in [1.82, 2.24) is 0 Å². The SMILES string of the molecule is Cc1ccoc1CNc1ccc(Br)cc1. The fourth-order valence-electron chi connectivity index (χ4n) is 1.34. The first-order chi connectivity index (χ1) is 7.25. The van der Waals surface area contributed by atoms with Crippen LogP contribution in [-0.2, 0) is 6.54 Å². The molecule has 0 unspecified atom stereocenters. The number of anilines is 1. The molecule has 0 amide bonds. The van der Waals surface area contributed by atoms with Crippen LogP contribution in [0, 0.1) is 6.92 Å². The average molecular weight is 266 g/mol. The van der Waals surface area contributed by atoms with Crippen LogP contribution in [-0.4, -0.2) is 0 Å². The molecule has 0 saturated heterocycles. The van der Waals surface area contributed by atoms with E-state index < -0.39 is 0 Å². The van der Waals surface area contributed by atoms with Crippen molar-refractivity contribution in [1.29, 1.82) is 0 Å². The molecular formula is C12H12BrNO. The molecule has 15 heavy (non-hydrogen) atoms. The summed E-state index contributed by atoms with van der Waals surface area (Å²) in [4.78, 5) is 0. The molecule has 2 aromatic rings. The number of aryl methyl sites for hydroxylation is 1. The van der Waals surface area contributed by atoms with Crippen molar-refractivity contribution in [2.75, 3.05) is 5.32 Å². The first-order valence-corrected chi connectivity index (χ1v) is 5.57. The molecule has 78 valence electrons. The minimum atomic E-state index is 0.723. The second-order valence-electron chi connectivity index (χ2n) is 3.39. The van der Waals surface area contributed by atoms with E-state index in [2.05, 4.69) is 21.2 Å². The van der Waals surface area contributed by atoms with Gasteiger partial charge in [-0.3, -0.25) is 0 Å². The smallest absolute Gasteiger partial charge is 0.125 e. The van der Waals surface area contributed by atoms with Gasteiger partial charge in [-0.05, 0) is 42.8 Å². The van der Waals surface area contributed by atoms with Crippen LogP contribution in [0.4, 0.5) is 5.69 Å². The van der Waals surface area contributed by atoms with Gasteiger partial charge >= 0.3 is 0 Å². The molecule has 0 fully saturated rings. The summed E-state index contributed by atoms with van der Waals surface area (Å²) in [6, 6.07) is 10.1. The quantitative estimate of drug-likeness (QED) is 0.909. The molecule has 0 aliphatic carbocycles. The van der Waals surface area contributed by atoms with Crippen LogP contribution in [0.25, 0.3) is 0 Å². The van der Waals surface area contributed by atoms with Gasteiger partial charge < -0.3 is 9.73 Å². The Morgan fingerprint density at radius 2 is 1.93 bits per heavy atom. The number of benzene rings is 1. The van der Waals surface area contributed by atoms with Crippen molar-refractivity contribution in [2.45, 2.75) is 13.5 Å². The highest BCUT2D eigenvalue weighted by atomic mass is 79.9. The van der Waals surface area contributed by atoms with Crippen LogP contribution in [0.15, 0.2) is 45.5 Å². The summed E-state index contributed by atoms with van der Waals surface area (Å²) in [6.07, 6.45) is 1.72. The Kier molecular flexibility index (Phi) is 3.11. The summed E-state index contributed by atoms with van der Waals surface area (Å²) >= 11 is 3.40. The molecule has 2 nitrogen and oxygen atoms in total. The topological polar surface area (TPSA) is 25.2 Å². The van der Waals surface area contributed by atoms with Gasteiger partial charge in [0.25, 0.3) is 0 Å². The van der Waals surface area contributed by atoms with Gasteiger partial charge in [0.2, 0.25) is 0 Å². The highest BCUT2D eigenvalue weighted by Crippen LogP contribution is 2.16. The van der Waals surface area contributed by atoms with Crippen LogP contribution >= 0.6 is 15.9 Å². The van der Waals surface area contributed by atoms with E-state index in [0.29, 0.717) is 0 Å². The first-order valence-electron chi connectivity index (χ1n) is 4.78. The molecule has 1 aromatic heterocycles. The number of nitrogens with one attached hydrogen (secondary N) is 1. The van der Waals surface area contributed by atoms with Gasteiger partial charge in [0.15, 0.2) is 0 Å². The maximum atomic E-state index is 5.34. The second-order valence-corrected chi connectivity index (χ2v) is 4.30. The monoisotopic (exact) mass is 265 g/mol. The molecule has 0 bridgehead atoms. The fourth-order valence-corrected chi connectivity index (χ4v) is 1.60. The van der Waals surface area contributed by atoms with Gasteiger partial charge in [0.1, 0.15) is 5.76 Å². The summed E-state index contributed by atoms with van der Waals surface area (Å²) in [7, 11) is 0. The van der Waals surface area contributed by atoms with E-state index in [1.54, 1.807) is 6.26 Å². The molecule has 0 aliphatic heterocycles. The lowest BCUT2D eigenvalue weighted by molar-refractivity contribution is 0.515. The fraction of sp³-hybridized carbons (Fsp3) is 0.167. The van der Waals surface area contributed by atoms with E-state index in [9.17, 15) is 0 Å². The summed E-state index contributed by atoms with van der Waals surface area (Å²) in [5.74, 6) is 0.984. The van der Waals surface area contributed by atoms with Gasteiger partial charge in [-0.25, -0.2) is 0 Å². The molecule has 1 aromatic carbocycles. The zero-order valence-electron chi connectivity index (χ0n) is 8.46. The van der Waals surface area contributed by atoms with E-state index in [4.69, 9.17) is 4.42 Å². The van der Waals surface area contributed by atoms with Crippen LogP contribution < -0.4 is 5.32 Å². The number of hydrogen-bond acceptors (Lipinski definition) is 2. The predicted octanol–water partition coefficient (Wildman–Crippen LogP) is 3.96. The van der Waals surface area contributed by atoms with E-state index in [1.807, 2.05) is 37.3 Å². The maximum absolute atomic E-state index is 5.34. The van der Waals surface area contributed by atoms with E-state index in [-0.39, 0.29) is 0 Å². The third-order valence-electron chi connectivity index (χ3n) is 2.27. The van der Waals surface area contributed by atoms with Crippen LogP contribution in [0.1, 0.15) is 11.3 Å². The van der Waals surface area contributed by atoms with Crippen LogP contribution in [0.3, 0.4) is 0 Å². The standard InChI is InChI=1S/C12H12BrNO/c1-9-6-7-15-12(9)8-14-11-4-2-10(13)3-5-11/h2-7,14H,8H2,1H3. The molecule has 0 aliphatic rings. The molecule has 1 N–H and O–H groups in total. The molecule has 3 heteroatoms. The Morgan fingerprint density at radius 1 is 1.20 bits per heavy atom. The van der Waals surface area contributed by atoms with Gasteiger partial charge in [-0.15, -0.1) is 0 Å². The largest absolute Gasteiger partial charge is 0.467 e. The van der Waals surface area contributed by atoms with Crippen LogP contribution in [0.5, 0.6) is 0 Å². The normalized spacial score (nSPS) is 10.3. The summed E-state index contributed by atoms with van der Waals surface area (Å²) < 4.78 is 6.42. The highest BCUT2D eigenvalue weighted by molar-refractivity contribution is 9.10.